The molecular formula is C16H33IN4O. The number of amides is 1. The molecule has 3 N–H and O–H groups in total. The zero-order chi connectivity index (χ0) is 15.7. The normalized spacial score (nSPS) is 16.5. The number of nitrogens with one attached hydrogen (secondary N) is 3. The first-order chi connectivity index (χ1) is 9.97. The van der Waals surface area contributed by atoms with Crippen LogP contribution in [0.3, 0.4) is 0 Å². The third kappa shape index (κ3) is 8.19. The van der Waals surface area contributed by atoms with Crippen molar-refractivity contribution in [3.63, 3.8) is 0 Å². The summed E-state index contributed by atoms with van der Waals surface area (Å²) in [6, 6.07) is 0. The third-order valence-corrected chi connectivity index (χ3v) is 3.96. The smallest absolute Gasteiger partial charge is 0.216 e. The van der Waals surface area contributed by atoms with Crippen LogP contribution in [0.2, 0.25) is 0 Å². The number of hydrogen-bond donors (Lipinski definition) is 3. The van der Waals surface area contributed by atoms with E-state index in [-0.39, 0.29) is 29.9 Å². The summed E-state index contributed by atoms with van der Waals surface area (Å²) in [6.45, 7) is 11.3. The molecule has 1 amide bonds. The molecule has 0 saturated heterocycles. The number of rotatable bonds is 8. The summed E-state index contributed by atoms with van der Waals surface area (Å²) in [5.74, 6) is 1.60. The summed E-state index contributed by atoms with van der Waals surface area (Å²) >= 11 is 0. The minimum absolute atomic E-state index is 0. The molecule has 0 atom stereocenters. The summed E-state index contributed by atoms with van der Waals surface area (Å²) in [6.07, 6.45) is 5.22. The molecule has 0 aromatic rings. The summed E-state index contributed by atoms with van der Waals surface area (Å²) in [4.78, 5) is 15.6. The van der Waals surface area contributed by atoms with E-state index in [2.05, 4.69) is 36.7 Å². The van der Waals surface area contributed by atoms with Gasteiger partial charge in [-0.2, -0.15) is 0 Å². The topological polar surface area (TPSA) is 65.5 Å². The average Bonchev–Trinajstić information content (AvgIpc) is 2.36. The Morgan fingerprint density at radius 2 is 1.82 bits per heavy atom. The maximum Gasteiger partial charge on any atom is 0.216 e. The van der Waals surface area contributed by atoms with Crippen molar-refractivity contribution in [1.82, 2.24) is 16.0 Å². The summed E-state index contributed by atoms with van der Waals surface area (Å²) < 4.78 is 0. The van der Waals surface area contributed by atoms with E-state index in [1.165, 1.54) is 32.6 Å². The van der Waals surface area contributed by atoms with Crippen LogP contribution in [-0.2, 0) is 4.79 Å². The van der Waals surface area contributed by atoms with Gasteiger partial charge in [-0.1, -0.05) is 20.3 Å². The van der Waals surface area contributed by atoms with Gasteiger partial charge in [-0.05, 0) is 37.5 Å². The Labute approximate surface area is 152 Å². The molecular weight excluding hydrogens is 391 g/mol. The van der Waals surface area contributed by atoms with Crippen LogP contribution in [0.25, 0.3) is 0 Å². The van der Waals surface area contributed by atoms with Crippen molar-refractivity contribution in [3.8, 4) is 0 Å². The molecule has 6 heteroatoms. The van der Waals surface area contributed by atoms with E-state index in [4.69, 9.17) is 4.99 Å². The quantitative estimate of drug-likeness (QED) is 0.243. The molecule has 0 aliphatic heterocycles. The third-order valence-electron chi connectivity index (χ3n) is 3.96. The molecule has 1 rings (SSSR count). The van der Waals surface area contributed by atoms with Crippen LogP contribution in [0.4, 0.5) is 0 Å². The molecule has 0 heterocycles. The maximum atomic E-state index is 10.8. The van der Waals surface area contributed by atoms with Crippen LogP contribution in [-0.4, -0.2) is 38.0 Å². The lowest BCUT2D eigenvalue weighted by molar-refractivity contribution is -0.118. The Balaban J connectivity index is 0.00000441. The van der Waals surface area contributed by atoms with Crippen molar-refractivity contribution in [2.75, 3.05) is 26.2 Å². The Hall–Kier alpha value is -0.530. The molecule has 0 aromatic carbocycles. The van der Waals surface area contributed by atoms with E-state index in [9.17, 15) is 4.79 Å². The Kier molecular flexibility index (Phi) is 10.8. The monoisotopic (exact) mass is 424 g/mol. The van der Waals surface area contributed by atoms with Crippen molar-refractivity contribution in [3.05, 3.63) is 0 Å². The molecule has 1 aliphatic rings. The molecule has 0 radical (unpaired) electrons. The van der Waals surface area contributed by atoms with Gasteiger partial charge in [0, 0.05) is 33.1 Å². The fraction of sp³-hybridized carbons (Fsp3) is 0.875. The number of aliphatic imine (C=N–C) groups is 1. The van der Waals surface area contributed by atoms with E-state index in [0.717, 1.165) is 25.0 Å². The van der Waals surface area contributed by atoms with Crippen molar-refractivity contribution in [2.45, 2.75) is 53.4 Å². The lowest BCUT2D eigenvalue weighted by Gasteiger charge is -2.42. The predicted octanol–water partition coefficient (Wildman–Crippen LogP) is 2.51. The first-order valence-corrected chi connectivity index (χ1v) is 8.24. The number of carbonyl (C=O) groups excluding carboxylic acids is 1. The standard InChI is InChI=1S/C16H32N4O.HI/c1-5-17-15(19-10-9-18-14(4)21)20-12-16(7-6-8-16)11-13(2)3;/h13H,5-12H2,1-4H3,(H,18,21)(H2,17,19,20);1H. The van der Waals surface area contributed by atoms with E-state index in [1.807, 2.05) is 0 Å². The SMILES string of the molecule is CCNC(=NCC1(CC(C)C)CCC1)NCCNC(C)=O.I. The highest BCUT2D eigenvalue weighted by Gasteiger charge is 2.37. The van der Waals surface area contributed by atoms with Crippen LogP contribution in [0, 0.1) is 11.3 Å². The van der Waals surface area contributed by atoms with Gasteiger partial charge >= 0.3 is 0 Å². The molecule has 1 fully saturated rings. The Bertz CT molecular complexity index is 354. The molecule has 1 saturated carbocycles. The first kappa shape index (κ1) is 21.5. The van der Waals surface area contributed by atoms with Gasteiger partial charge in [0.05, 0.1) is 0 Å². The van der Waals surface area contributed by atoms with Crippen LogP contribution in [0.1, 0.15) is 53.4 Å². The molecule has 0 aromatic heterocycles. The molecule has 130 valence electrons. The highest BCUT2D eigenvalue weighted by atomic mass is 127. The average molecular weight is 424 g/mol. The molecule has 5 nitrogen and oxygen atoms in total. The second-order valence-electron chi connectivity index (χ2n) is 6.56. The summed E-state index contributed by atoms with van der Waals surface area (Å²) in [5, 5.41) is 9.32. The highest BCUT2D eigenvalue weighted by Crippen LogP contribution is 2.46. The maximum absolute atomic E-state index is 10.8. The van der Waals surface area contributed by atoms with Gasteiger partial charge in [-0.15, -0.1) is 24.0 Å². The van der Waals surface area contributed by atoms with Crippen molar-refractivity contribution in [1.29, 1.82) is 0 Å². The second kappa shape index (κ2) is 11.1. The van der Waals surface area contributed by atoms with Crippen molar-refractivity contribution >= 4 is 35.8 Å². The molecule has 0 bridgehead atoms. The van der Waals surface area contributed by atoms with E-state index in [0.29, 0.717) is 18.5 Å². The van der Waals surface area contributed by atoms with E-state index >= 15 is 0 Å². The molecule has 0 spiro atoms. The lowest BCUT2D eigenvalue weighted by Crippen LogP contribution is -2.42. The Morgan fingerprint density at radius 3 is 2.27 bits per heavy atom. The number of guanidine groups is 1. The Morgan fingerprint density at radius 1 is 1.18 bits per heavy atom. The van der Waals surface area contributed by atoms with Crippen molar-refractivity contribution < 1.29 is 4.79 Å². The van der Waals surface area contributed by atoms with Gasteiger partial charge in [0.2, 0.25) is 5.91 Å². The number of hydrogen-bond acceptors (Lipinski definition) is 2. The fourth-order valence-corrected chi connectivity index (χ4v) is 2.98. The van der Waals surface area contributed by atoms with Gasteiger partial charge in [0.1, 0.15) is 0 Å². The van der Waals surface area contributed by atoms with Gasteiger partial charge in [-0.25, -0.2) is 0 Å². The summed E-state index contributed by atoms with van der Waals surface area (Å²) in [7, 11) is 0. The minimum Gasteiger partial charge on any atom is -0.357 e. The molecule has 0 unspecified atom stereocenters. The zero-order valence-corrected chi connectivity index (χ0v) is 16.8. The van der Waals surface area contributed by atoms with Gasteiger partial charge in [0.15, 0.2) is 5.96 Å². The van der Waals surface area contributed by atoms with E-state index in [1.54, 1.807) is 0 Å². The number of nitrogens with zero attached hydrogens (tertiary/aromatic N) is 1. The van der Waals surface area contributed by atoms with Crippen LogP contribution < -0.4 is 16.0 Å². The van der Waals surface area contributed by atoms with E-state index < -0.39 is 0 Å². The minimum atomic E-state index is 0. The van der Waals surface area contributed by atoms with Gasteiger partial charge in [-0.3, -0.25) is 9.79 Å². The number of carbonyl (C=O) groups is 1. The van der Waals surface area contributed by atoms with Crippen LogP contribution in [0.15, 0.2) is 4.99 Å². The predicted molar refractivity (Wildman–Crippen MR) is 104 cm³/mol. The highest BCUT2D eigenvalue weighted by molar-refractivity contribution is 14.0. The van der Waals surface area contributed by atoms with Gasteiger partial charge in [0.25, 0.3) is 0 Å². The molecule has 22 heavy (non-hydrogen) atoms. The second-order valence-corrected chi connectivity index (χ2v) is 6.56. The van der Waals surface area contributed by atoms with Crippen molar-refractivity contribution in [2.24, 2.45) is 16.3 Å². The zero-order valence-electron chi connectivity index (χ0n) is 14.5. The number of halogens is 1. The lowest BCUT2D eigenvalue weighted by atomic mass is 9.64. The van der Waals surface area contributed by atoms with Crippen LogP contribution >= 0.6 is 24.0 Å². The fourth-order valence-electron chi connectivity index (χ4n) is 2.98. The first-order valence-electron chi connectivity index (χ1n) is 8.24. The van der Waals surface area contributed by atoms with Crippen LogP contribution in [0.5, 0.6) is 0 Å². The summed E-state index contributed by atoms with van der Waals surface area (Å²) in [5.41, 5.74) is 0.425. The van der Waals surface area contributed by atoms with Gasteiger partial charge < -0.3 is 16.0 Å². The largest absolute Gasteiger partial charge is 0.357 e. The molecule has 1 aliphatic carbocycles.